The summed E-state index contributed by atoms with van der Waals surface area (Å²) in [5.41, 5.74) is 1.79. The number of cyclic esters (lactones) is 1. The average Bonchev–Trinajstić information content (AvgIpc) is 2.39. The van der Waals surface area contributed by atoms with E-state index in [9.17, 15) is 4.79 Å². The molecule has 0 spiro atoms. The lowest BCUT2D eigenvalue weighted by Crippen LogP contribution is -2.38. The predicted octanol–water partition coefficient (Wildman–Crippen LogP) is 4.17. The second-order valence-corrected chi connectivity index (χ2v) is 5.04. The molecule has 1 N–H and O–H groups in total. The van der Waals surface area contributed by atoms with Gasteiger partial charge in [-0.3, -0.25) is 5.32 Å². The van der Waals surface area contributed by atoms with Gasteiger partial charge in [-0.1, -0.05) is 41.9 Å². The zero-order chi connectivity index (χ0) is 13.5. The first-order valence-corrected chi connectivity index (χ1v) is 6.33. The molecule has 3 nitrogen and oxygen atoms in total. The number of nitrogens with one attached hydrogen (secondary N) is 1. The van der Waals surface area contributed by atoms with Crippen LogP contribution < -0.4 is 5.32 Å². The highest BCUT2D eigenvalue weighted by Crippen LogP contribution is 2.40. The van der Waals surface area contributed by atoms with Gasteiger partial charge in [-0.05, 0) is 25.1 Å². The number of carbonyl (C=O) groups excluding carboxylic acids is 1. The van der Waals surface area contributed by atoms with E-state index in [1.54, 1.807) is 12.1 Å². The Morgan fingerprint density at radius 2 is 1.79 bits per heavy atom. The number of fused-ring (bicyclic) bond motifs is 1. The van der Waals surface area contributed by atoms with Crippen molar-refractivity contribution in [2.75, 3.05) is 5.32 Å². The molecule has 96 valence electrons. The molecule has 2 aromatic rings. The van der Waals surface area contributed by atoms with Crippen LogP contribution in [0.25, 0.3) is 0 Å². The first kappa shape index (κ1) is 12.1. The SMILES string of the molecule is CC1(c2ccc(Cl)cc2)OC(=O)Nc2ccccc21. The summed E-state index contributed by atoms with van der Waals surface area (Å²) in [6, 6.07) is 14.9. The third-order valence-corrected chi connectivity index (χ3v) is 3.62. The van der Waals surface area contributed by atoms with Gasteiger partial charge in [0, 0.05) is 16.1 Å². The second-order valence-electron chi connectivity index (χ2n) is 4.60. The number of carbonyl (C=O) groups is 1. The standard InChI is InChI=1S/C15H12ClNO2/c1-15(10-6-8-11(16)9-7-10)12-4-2-3-5-13(12)17-14(18)19-15/h2-9H,1H3,(H,17,18). The fraction of sp³-hybridized carbons (Fsp3) is 0.133. The van der Waals surface area contributed by atoms with Crippen molar-refractivity contribution in [3.63, 3.8) is 0 Å². The van der Waals surface area contributed by atoms with Crippen molar-refractivity contribution in [2.24, 2.45) is 0 Å². The van der Waals surface area contributed by atoms with E-state index in [1.165, 1.54) is 0 Å². The summed E-state index contributed by atoms with van der Waals surface area (Å²) < 4.78 is 5.53. The van der Waals surface area contributed by atoms with Crippen LogP contribution in [0, 0.1) is 0 Å². The van der Waals surface area contributed by atoms with E-state index in [2.05, 4.69) is 5.32 Å². The van der Waals surface area contributed by atoms with E-state index in [1.807, 2.05) is 43.3 Å². The maximum Gasteiger partial charge on any atom is 0.412 e. The van der Waals surface area contributed by atoms with E-state index in [0.717, 1.165) is 16.8 Å². The lowest BCUT2D eigenvalue weighted by molar-refractivity contribution is 0.0586. The molecule has 1 heterocycles. The van der Waals surface area contributed by atoms with E-state index in [-0.39, 0.29) is 0 Å². The van der Waals surface area contributed by atoms with Crippen molar-refractivity contribution in [1.29, 1.82) is 0 Å². The van der Waals surface area contributed by atoms with E-state index in [0.29, 0.717) is 5.02 Å². The third kappa shape index (κ3) is 1.96. The summed E-state index contributed by atoms with van der Waals surface area (Å²) >= 11 is 5.90. The van der Waals surface area contributed by atoms with Crippen molar-refractivity contribution in [3.05, 3.63) is 64.7 Å². The van der Waals surface area contributed by atoms with Gasteiger partial charge in [0.15, 0.2) is 5.60 Å². The van der Waals surface area contributed by atoms with Crippen molar-refractivity contribution in [1.82, 2.24) is 0 Å². The number of para-hydroxylation sites is 1. The second kappa shape index (κ2) is 4.28. The zero-order valence-electron chi connectivity index (χ0n) is 10.3. The monoisotopic (exact) mass is 273 g/mol. The average molecular weight is 274 g/mol. The Morgan fingerprint density at radius 1 is 1.11 bits per heavy atom. The van der Waals surface area contributed by atoms with Crippen LogP contribution in [-0.4, -0.2) is 6.09 Å². The van der Waals surface area contributed by atoms with Crippen LogP contribution in [0.1, 0.15) is 18.1 Å². The highest BCUT2D eigenvalue weighted by atomic mass is 35.5. The Morgan fingerprint density at radius 3 is 2.53 bits per heavy atom. The molecule has 0 bridgehead atoms. The molecule has 3 rings (SSSR count). The Balaban J connectivity index is 2.18. The molecule has 2 aromatic carbocycles. The Labute approximate surface area is 116 Å². The lowest BCUT2D eigenvalue weighted by Gasteiger charge is -2.36. The largest absolute Gasteiger partial charge is 0.433 e. The van der Waals surface area contributed by atoms with Gasteiger partial charge >= 0.3 is 6.09 Å². The number of benzene rings is 2. The van der Waals surface area contributed by atoms with Crippen molar-refractivity contribution in [3.8, 4) is 0 Å². The molecule has 1 amide bonds. The van der Waals surface area contributed by atoms with Gasteiger partial charge in [0.1, 0.15) is 0 Å². The minimum atomic E-state index is -0.802. The molecule has 0 saturated heterocycles. The molecule has 1 atom stereocenters. The number of halogens is 1. The number of ether oxygens (including phenoxy) is 1. The van der Waals surface area contributed by atoms with Crippen LogP contribution in [0.15, 0.2) is 48.5 Å². The summed E-state index contributed by atoms with van der Waals surface area (Å²) in [6.45, 7) is 1.88. The van der Waals surface area contributed by atoms with Crippen LogP contribution in [-0.2, 0) is 10.3 Å². The van der Waals surface area contributed by atoms with Gasteiger partial charge in [-0.2, -0.15) is 0 Å². The van der Waals surface area contributed by atoms with Gasteiger partial charge in [-0.25, -0.2) is 4.79 Å². The maximum absolute atomic E-state index is 11.7. The molecule has 0 aliphatic carbocycles. The minimum absolute atomic E-state index is 0.448. The molecule has 1 unspecified atom stereocenters. The first-order chi connectivity index (χ1) is 9.09. The molecular formula is C15H12ClNO2. The van der Waals surface area contributed by atoms with Crippen LogP contribution in [0.2, 0.25) is 5.02 Å². The summed E-state index contributed by atoms with van der Waals surface area (Å²) in [5.74, 6) is 0. The minimum Gasteiger partial charge on any atom is -0.433 e. The third-order valence-electron chi connectivity index (χ3n) is 3.37. The Hall–Kier alpha value is -2.00. The summed E-state index contributed by atoms with van der Waals surface area (Å²) in [6.07, 6.45) is -0.448. The first-order valence-electron chi connectivity index (χ1n) is 5.95. The van der Waals surface area contributed by atoms with Gasteiger partial charge < -0.3 is 4.74 Å². The molecule has 4 heteroatoms. The predicted molar refractivity (Wildman–Crippen MR) is 74.5 cm³/mol. The lowest BCUT2D eigenvalue weighted by atomic mass is 9.86. The summed E-state index contributed by atoms with van der Waals surface area (Å²) in [5, 5.41) is 3.36. The van der Waals surface area contributed by atoms with E-state index in [4.69, 9.17) is 16.3 Å². The maximum atomic E-state index is 11.7. The van der Waals surface area contributed by atoms with Gasteiger partial charge in [-0.15, -0.1) is 0 Å². The van der Waals surface area contributed by atoms with Crippen molar-refractivity contribution in [2.45, 2.75) is 12.5 Å². The molecule has 0 radical (unpaired) electrons. The number of hydrogen-bond donors (Lipinski definition) is 1. The molecule has 0 aromatic heterocycles. The molecule has 19 heavy (non-hydrogen) atoms. The van der Waals surface area contributed by atoms with Crippen LogP contribution in [0.3, 0.4) is 0 Å². The molecule has 0 saturated carbocycles. The van der Waals surface area contributed by atoms with Crippen molar-refractivity contribution >= 4 is 23.4 Å². The number of anilines is 1. The van der Waals surface area contributed by atoms with Crippen molar-refractivity contribution < 1.29 is 9.53 Å². The van der Waals surface area contributed by atoms with Crippen LogP contribution in [0.5, 0.6) is 0 Å². The molecule has 0 fully saturated rings. The highest BCUT2D eigenvalue weighted by Gasteiger charge is 2.39. The highest BCUT2D eigenvalue weighted by molar-refractivity contribution is 6.30. The number of hydrogen-bond acceptors (Lipinski definition) is 2. The van der Waals surface area contributed by atoms with Gasteiger partial charge in [0.2, 0.25) is 0 Å². The van der Waals surface area contributed by atoms with Gasteiger partial charge in [0.25, 0.3) is 0 Å². The molecular weight excluding hydrogens is 262 g/mol. The molecule has 1 aliphatic rings. The smallest absolute Gasteiger partial charge is 0.412 e. The topological polar surface area (TPSA) is 38.3 Å². The van der Waals surface area contributed by atoms with Crippen LogP contribution >= 0.6 is 11.6 Å². The number of amides is 1. The summed E-state index contributed by atoms with van der Waals surface area (Å²) in [7, 11) is 0. The molecule has 1 aliphatic heterocycles. The zero-order valence-corrected chi connectivity index (χ0v) is 11.1. The quantitative estimate of drug-likeness (QED) is 0.847. The Bertz CT molecular complexity index is 639. The fourth-order valence-electron chi connectivity index (χ4n) is 2.37. The summed E-state index contributed by atoms with van der Waals surface area (Å²) in [4.78, 5) is 11.7. The van der Waals surface area contributed by atoms with Crippen LogP contribution in [0.4, 0.5) is 10.5 Å². The normalized spacial score (nSPS) is 21.3. The van der Waals surface area contributed by atoms with E-state index < -0.39 is 11.7 Å². The fourth-order valence-corrected chi connectivity index (χ4v) is 2.49. The number of rotatable bonds is 1. The Kier molecular flexibility index (Phi) is 2.72. The van der Waals surface area contributed by atoms with E-state index >= 15 is 0 Å². The van der Waals surface area contributed by atoms with Gasteiger partial charge in [0.05, 0.1) is 5.69 Å².